The van der Waals surface area contributed by atoms with E-state index >= 15 is 0 Å². The fourth-order valence-corrected chi connectivity index (χ4v) is 2.70. The molecule has 1 aromatic carbocycles. The predicted octanol–water partition coefficient (Wildman–Crippen LogP) is 5.49. The lowest BCUT2D eigenvalue weighted by Crippen LogP contribution is -2.29. The number of thiol groups is 1. The highest BCUT2D eigenvalue weighted by Gasteiger charge is 2.25. The maximum absolute atomic E-state index is 6.00. The Labute approximate surface area is 130 Å². The molecule has 0 unspecified atom stereocenters. The van der Waals surface area contributed by atoms with E-state index in [0.717, 1.165) is 37.4 Å². The smallest absolute Gasteiger partial charge is 0.119 e. The number of hydrogen-bond donors (Lipinski definition) is 1. The van der Waals surface area contributed by atoms with E-state index in [1.165, 1.54) is 5.56 Å². The molecule has 0 aliphatic rings. The van der Waals surface area contributed by atoms with E-state index in [4.69, 9.17) is 4.74 Å². The van der Waals surface area contributed by atoms with Gasteiger partial charge in [0.05, 0.1) is 6.61 Å². The van der Waals surface area contributed by atoms with Crippen LogP contribution in [0.25, 0.3) is 0 Å². The van der Waals surface area contributed by atoms with E-state index in [2.05, 4.69) is 71.5 Å². The van der Waals surface area contributed by atoms with Crippen molar-refractivity contribution in [1.29, 1.82) is 0 Å². The van der Waals surface area contributed by atoms with Crippen molar-refractivity contribution in [2.45, 2.75) is 59.3 Å². The number of benzene rings is 1. The molecule has 0 fully saturated rings. The van der Waals surface area contributed by atoms with E-state index in [9.17, 15) is 0 Å². The van der Waals surface area contributed by atoms with Crippen LogP contribution in [0, 0.1) is 5.41 Å². The summed E-state index contributed by atoms with van der Waals surface area (Å²) in [4.78, 5) is 0. The molecule has 1 aromatic rings. The normalized spacial score (nSPS) is 12.5. The number of rotatable bonds is 8. The largest absolute Gasteiger partial charge is 0.493 e. The van der Waals surface area contributed by atoms with Crippen molar-refractivity contribution in [3.63, 3.8) is 0 Å². The van der Waals surface area contributed by atoms with Gasteiger partial charge in [-0.2, -0.15) is 12.6 Å². The van der Waals surface area contributed by atoms with Gasteiger partial charge in [0.1, 0.15) is 5.75 Å². The monoisotopic (exact) mass is 294 g/mol. The summed E-state index contributed by atoms with van der Waals surface area (Å²) in [5.74, 6) is 1.84. The van der Waals surface area contributed by atoms with E-state index in [1.54, 1.807) is 0 Å². The van der Waals surface area contributed by atoms with Crippen LogP contribution in [0.4, 0.5) is 0 Å². The molecule has 0 atom stereocenters. The van der Waals surface area contributed by atoms with Crippen LogP contribution in [-0.2, 0) is 5.41 Å². The predicted molar refractivity (Wildman–Crippen MR) is 92.1 cm³/mol. The topological polar surface area (TPSA) is 9.23 Å². The van der Waals surface area contributed by atoms with Gasteiger partial charge in [0.25, 0.3) is 0 Å². The molecular weight excluding hydrogens is 264 g/mol. The van der Waals surface area contributed by atoms with Crippen LogP contribution in [0.15, 0.2) is 24.3 Å². The zero-order chi connectivity index (χ0) is 15.2. The minimum Gasteiger partial charge on any atom is -0.493 e. The minimum atomic E-state index is 0.199. The second kappa shape index (κ2) is 7.40. The Morgan fingerprint density at radius 1 is 0.950 bits per heavy atom. The summed E-state index contributed by atoms with van der Waals surface area (Å²) in [6, 6.07) is 8.58. The van der Waals surface area contributed by atoms with Gasteiger partial charge < -0.3 is 4.74 Å². The van der Waals surface area contributed by atoms with Gasteiger partial charge in [-0.25, -0.2) is 0 Å². The third kappa shape index (κ3) is 4.18. The van der Waals surface area contributed by atoms with Crippen LogP contribution in [-0.4, -0.2) is 12.4 Å². The molecule has 2 heteroatoms. The van der Waals surface area contributed by atoms with Gasteiger partial charge in [0.15, 0.2) is 0 Å². The first kappa shape index (κ1) is 17.4. The van der Waals surface area contributed by atoms with Crippen LogP contribution in [0.5, 0.6) is 5.75 Å². The van der Waals surface area contributed by atoms with Gasteiger partial charge in [-0.05, 0) is 48.1 Å². The lowest BCUT2D eigenvalue weighted by Gasteiger charge is -2.30. The molecule has 0 bridgehead atoms. The first-order chi connectivity index (χ1) is 9.43. The fourth-order valence-electron chi connectivity index (χ4n) is 2.17. The molecule has 1 rings (SSSR count). The SMILES string of the molecule is CCC(CC)(CS)COc1ccc(C(C)(C)CC)cc1. The molecule has 114 valence electrons. The average Bonchev–Trinajstić information content (AvgIpc) is 2.50. The Bertz CT molecular complexity index is 382. The lowest BCUT2D eigenvalue weighted by atomic mass is 9.82. The molecule has 0 heterocycles. The second-order valence-electron chi connectivity index (χ2n) is 6.42. The Kier molecular flexibility index (Phi) is 6.44. The van der Waals surface area contributed by atoms with E-state index in [1.807, 2.05) is 0 Å². The fraction of sp³-hybridized carbons (Fsp3) is 0.667. The van der Waals surface area contributed by atoms with Crippen molar-refractivity contribution in [3.05, 3.63) is 29.8 Å². The van der Waals surface area contributed by atoms with Gasteiger partial charge in [-0.15, -0.1) is 0 Å². The van der Waals surface area contributed by atoms with Gasteiger partial charge in [0.2, 0.25) is 0 Å². The Morgan fingerprint density at radius 2 is 1.50 bits per heavy atom. The number of hydrogen-bond acceptors (Lipinski definition) is 2. The zero-order valence-electron chi connectivity index (χ0n) is 13.7. The molecule has 0 N–H and O–H groups in total. The standard InChI is InChI=1S/C18H30OS/c1-6-17(4,5)15-9-11-16(12-10-15)19-13-18(7-2,8-3)14-20/h9-12,20H,6-8,13-14H2,1-5H3. The van der Waals surface area contributed by atoms with Crippen LogP contribution in [0.3, 0.4) is 0 Å². The van der Waals surface area contributed by atoms with Crippen LogP contribution in [0.1, 0.15) is 59.4 Å². The Balaban J connectivity index is 2.71. The second-order valence-corrected chi connectivity index (χ2v) is 6.73. The van der Waals surface area contributed by atoms with Crippen molar-refractivity contribution in [1.82, 2.24) is 0 Å². The molecular formula is C18H30OS. The minimum absolute atomic E-state index is 0.199. The first-order valence-corrected chi connectivity index (χ1v) is 8.40. The molecule has 0 aliphatic heterocycles. The maximum atomic E-state index is 6.00. The summed E-state index contributed by atoms with van der Waals surface area (Å²) in [7, 11) is 0. The maximum Gasteiger partial charge on any atom is 0.119 e. The van der Waals surface area contributed by atoms with E-state index in [-0.39, 0.29) is 10.8 Å². The summed E-state index contributed by atoms with van der Waals surface area (Å²) >= 11 is 4.49. The molecule has 0 saturated carbocycles. The molecule has 0 amide bonds. The molecule has 0 spiro atoms. The summed E-state index contributed by atoms with van der Waals surface area (Å²) < 4.78 is 6.00. The Hall–Kier alpha value is -0.630. The van der Waals surface area contributed by atoms with Crippen LogP contribution < -0.4 is 4.74 Å². The highest BCUT2D eigenvalue weighted by atomic mass is 32.1. The third-order valence-corrected chi connectivity index (χ3v) is 5.57. The summed E-state index contributed by atoms with van der Waals surface area (Å²) in [6.07, 6.45) is 3.35. The molecule has 0 aliphatic carbocycles. The molecule has 0 aromatic heterocycles. The van der Waals surface area contributed by atoms with Gasteiger partial charge in [-0.3, -0.25) is 0 Å². The quantitative estimate of drug-likeness (QED) is 0.624. The Morgan fingerprint density at radius 3 is 1.90 bits per heavy atom. The van der Waals surface area contributed by atoms with Gasteiger partial charge >= 0.3 is 0 Å². The molecule has 0 saturated heterocycles. The van der Waals surface area contributed by atoms with Crippen molar-refractivity contribution < 1.29 is 4.74 Å². The highest BCUT2D eigenvalue weighted by Crippen LogP contribution is 2.31. The summed E-state index contributed by atoms with van der Waals surface area (Å²) in [6.45, 7) is 12.0. The lowest BCUT2D eigenvalue weighted by molar-refractivity contribution is 0.157. The molecule has 0 radical (unpaired) electrons. The average molecular weight is 295 g/mol. The third-order valence-electron chi connectivity index (χ3n) is 4.90. The number of ether oxygens (including phenoxy) is 1. The van der Waals surface area contributed by atoms with E-state index < -0.39 is 0 Å². The van der Waals surface area contributed by atoms with E-state index in [0.29, 0.717) is 0 Å². The van der Waals surface area contributed by atoms with Gasteiger partial charge in [-0.1, -0.05) is 46.8 Å². The van der Waals surface area contributed by atoms with Crippen molar-refractivity contribution >= 4 is 12.6 Å². The van der Waals surface area contributed by atoms with Crippen molar-refractivity contribution in [2.75, 3.05) is 12.4 Å². The molecule has 1 nitrogen and oxygen atoms in total. The summed E-state index contributed by atoms with van der Waals surface area (Å²) in [5.41, 5.74) is 1.81. The van der Waals surface area contributed by atoms with Crippen LogP contribution >= 0.6 is 12.6 Å². The van der Waals surface area contributed by atoms with Crippen LogP contribution in [0.2, 0.25) is 0 Å². The molecule has 20 heavy (non-hydrogen) atoms. The van der Waals surface area contributed by atoms with Crippen molar-refractivity contribution in [2.24, 2.45) is 5.41 Å². The highest BCUT2D eigenvalue weighted by molar-refractivity contribution is 7.80. The first-order valence-electron chi connectivity index (χ1n) is 7.77. The van der Waals surface area contributed by atoms with Gasteiger partial charge in [0, 0.05) is 5.41 Å². The van der Waals surface area contributed by atoms with Crippen molar-refractivity contribution in [3.8, 4) is 5.75 Å². The zero-order valence-corrected chi connectivity index (χ0v) is 14.6. The summed E-state index contributed by atoms with van der Waals surface area (Å²) in [5, 5.41) is 0.